The van der Waals surface area contributed by atoms with Crippen LogP contribution in [0.15, 0.2) is 36.4 Å². The largest absolute Gasteiger partial charge is 0.490 e. The summed E-state index contributed by atoms with van der Waals surface area (Å²) in [6.07, 6.45) is 0. The molecule has 3 rings (SSSR count). The SMILES string of the molecule is Cc1ccc2c(c1)C(=O)NCC(=O)N2CCOc1ccc(Cl)cc1Cl. The van der Waals surface area contributed by atoms with E-state index in [1.54, 1.807) is 35.2 Å². The van der Waals surface area contributed by atoms with Gasteiger partial charge in [-0.25, -0.2) is 0 Å². The Kier molecular flexibility index (Phi) is 5.16. The van der Waals surface area contributed by atoms with Crippen molar-refractivity contribution in [2.24, 2.45) is 0 Å². The van der Waals surface area contributed by atoms with Crippen LogP contribution in [0.1, 0.15) is 15.9 Å². The van der Waals surface area contributed by atoms with E-state index in [-0.39, 0.29) is 25.0 Å². The van der Waals surface area contributed by atoms with Crippen molar-refractivity contribution in [1.82, 2.24) is 5.32 Å². The normalized spacial score (nSPS) is 14.0. The fourth-order valence-electron chi connectivity index (χ4n) is 2.63. The predicted octanol–water partition coefficient (Wildman–Crippen LogP) is 3.46. The van der Waals surface area contributed by atoms with Gasteiger partial charge in [0.25, 0.3) is 5.91 Å². The first-order valence-electron chi connectivity index (χ1n) is 7.73. The Bertz CT molecular complexity index is 839. The molecule has 2 aromatic rings. The number of benzene rings is 2. The van der Waals surface area contributed by atoms with Crippen molar-refractivity contribution in [1.29, 1.82) is 0 Å². The molecule has 2 aromatic carbocycles. The summed E-state index contributed by atoms with van der Waals surface area (Å²) >= 11 is 11.9. The van der Waals surface area contributed by atoms with Crippen molar-refractivity contribution in [2.45, 2.75) is 6.92 Å². The highest BCUT2D eigenvalue weighted by Gasteiger charge is 2.26. The van der Waals surface area contributed by atoms with Crippen LogP contribution in [0.4, 0.5) is 5.69 Å². The summed E-state index contributed by atoms with van der Waals surface area (Å²) in [4.78, 5) is 26.1. The molecule has 0 unspecified atom stereocenters. The van der Waals surface area contributed by atoms with Crippen molar-refractivity contribution in [3.8, 4) is 5.75 Å². The minimum absolute atomic E-state index is 0.0474. The van der Waals surface area contributed by atoms with Crippen LogP contribution in [-0.4, -0.2) is 31.5 Å². The van der Waals surface area contributed by atoms with Crippen LogP contribution in [0, 0.1) is 6.92 Å². The molecule has 1 aliphatic heterocycles. The maximum atomic E-state index is 12.4. The average Bonchev–Trinajstić information content (AvgIpc) is 2.68. The second kappa shape index (κ2) is 7.33. The summed E-state index contributed by atoms with van der Waals surface area (Å²) in [5.41, 5.74) is 2.01. The van der Waals surface area contributed by atoms with Crippen LogP contribution < -0.4 is 15.0 Å². The molecule has 0 saturated carbocycles. The summed E-state index contributed by atoms with van der Waals surface area (Å²) in [6, 6.07) is 10.4. The molecule has 1 aliphatic rings. The zero-order chi connectivity index (χ0) is 18.0. The van der Waals surface area contributed by atoms with E-state index in [1.165, 1.54) is 0 Å². The highest BCUT2D eigenvalue weighted by atomic mass is 35.5. The van der Waals surface area contributed by atoms with Crippen molar-refractivity contribution in [3.63, 3.8) is 0 Å². The Morgan fingerprint density at radius 2 is 1.96 bits per heavy atom. The molecule has 1 heterocycles. The number of ether oxygens (including phenoxy) is 1. The van der Waals surface area contributed by atoms with Crippen LogP contribution in [0.3, 0.4) is 0 Å². The Labute approximate surface area is 155 Å². The monoisotopic (exact) mass is 378 g/mol. The van der Waals surface area contributed by atoms with Crippen molar-refractivity contribution in [2.75, 3.05) is 24.6 Å². The van der Waals surface area contributed by atoms with E-state index < -0.39 is 0 Å². The number of carbonyl (C=O) groups is 2. The molecule has 0 spiro atoms. The quantitative estimate of drug-likeness (QED) is 0.885. The topological polar surface area (TPSA) is 58.6 Å². The lowest BCUT2D eigenvalue weighted by Crippen LogP contribution is -2.38. The average molecular weight is 379 g/mol. The molecular weight excluding hydrogens is 363 g/mol. The van der Waals surface area contributed by atoms with E-state index in [2.05, 4.69) is 5.32 Å². The number of nitrogens with one attached hydrogen (secondary N) is 1. The first kappa shape index (κ1) is 17.6. The van der Waals surface area contributed by atoms with Gasteiger partial charge in [-0.2, -0.15) is 0 Å². The number of amides is 2. The fourth-order valence-corrected chi connectivity index (χ4v) is 3.10. The molecule has 0 fully saturated rings. The van der Waals surface area contributed by atoms with Crippen LogP contribution >= 0.6 is 23.2 Å². The molecule has 0 atom stereocenters. The molecule has 0 aliphatic carbocycles. The highest BCUT2D eigenvalue weighted by Crippen LogP contribution is 2.28. The Morgan fingerprint density at radius 1 is 1.16 bits per heavy atom. The third kappa shape index (κ3) is 3.89. The number of anilines is 1. The third-order valence-corrected chi connectivity index (χ3v) is 4.39. The maximum absolute atomic E-state index is 12.4. The van der Waals surface area contributed by atoms with Crippen molar-refractivity contribution >= 4 is 40.7 Å². The van der Waals surface area contributed by atoms with Crippen LogP contribution in [0.5, 0.6) is 5.75 Å². The summed E-state index contributed by atoms with van der Waals surface area (Å²) in [7, 11) is 0. The number of aryl methyl sites for hydroxylation is 1. The number of halogens is 2. The summed E-state index contributed by atoms with van der Waals surface area (Å²) in [5.74, 6) is 0.0460. The second-order valence-electron chi connectivity index (χ2n) is 5.67. The van der Waals surface area contributed by atoms with E-state index in [0.717, 1.165) is 5.56 Å². The minimum Gasteiger partial charge on any atom is -0.490 e. The van der Waals surface area contributed by atoms with Gasteiger partial charge in [-0.15, -0.1) is 0 Å². The van der Waals surface area contributed by atoms with Gasteiger partial charge in [0.15, 0.2) is 0 Å². The van der Waals surface area contributed by atoms with Gasteiger partial charge in [0.2, 0.25) is 5.91 Å². The van der Waals surface area contributed by atoms with Gasteiger partial charge >= 0.3 is 0 Å². The Morgan fingerprint density at radius 3 is 2.72 bits per heavy atom. The Balaban J connectivity index is 1.78. The lowest BCUT2D eigenvalue weighted by atomic mass is 10.1. The first-order chi connectivity index (χ1) is 12.0. The number of carbonyl (C=O) groups excluding carboxylic acids is 2. The maximum Gasteiger partial charge on any atom is 0.253 e. The first-order valence-corrected chi connectivity index (χ1v) is 8.48. The lowest BCUT2D eigenvalue weighted by molar-refractivity contribution is -0.117. The number of fused-ring (bicyclic) bond motifs is 1. The smallest absolute Gasteiger partial charge is 0.253 e. The second-order valence-corrected chi connectivity index (χ2v) is 6.52. The van der Waals surface area contributed by atoms with Gasteiger partial charge in [0.1, 0.15) is 12.4 Å². The Hall–Kier alpha value is -2.24. The van der Waals surface area contributed by atoms with E-state index in [4.69, 9.17) is 27.9 Å². The molecular formula is C18H16Cl2N2O3. The molecule has 130 valence electrons. The molecule has 0 aromatic heterocycles. The molecule has 5 nitrogen and oxygen atoms in total. The van der Waals surface area contributed by atoms with Crippen LogP contribution in [-0.2, 0) is 4.79 Å². The molecule has 2 amide bonds. The van der Waals surface area contributed by atoms with Gasteiger partial charge in [0.05, 0.1) is 29.4 Å². The van der Waals surface area contributed by atoms with E-state index in [9.17, 15) is 9.59 Å². The van der Waals surface area contributed by atoms with Crippen molar-refractivity contribution < 1.29 is 14.3 Å². The van der Waals surface area contributed by atoms with E-state index >= 15 is 0 Å². The number of hydrogen-bond acceptors (Lipinski definition) is 3. The molecule has 1 N–H and O–H groups in total. The number of hydrogen-bond donors (Lipinski definition) is 1. The molecule has 0 radical (unpaired) electrons. The number of rotatable bonds is 4. The van der Waals surface area contributed by atoms with Crippen molar-refractivity contribution in [3.05, 3.63) is 57.6 Å². The van der Waals surface area contributed by atoms with Gasteiger partial charge in [0, 0.05) is 5.02 Å². The minimum atomic E-state index is -0.254. The zero-order valence-corrected chi connectivity index (χ0v) is 15.0. The molecule has 7 heteroatoms. The van der Waals surface area contributed by atoms with Gasteiger partial charge < -0.3 is 15.0 Å². The summed E-state index contributed by atoms with van der Waals surface area (Å²) < 4.78 is 5.66. The molecule has 0 saturated heterocycles. The van der Waals surface area contributed by atoms with Gasteiger partial charge in [-0.3, -0.25) is 9.59 Å². The predicted molar refractivity (Wildman–Crippen MR) is 97.8 cm³/mol. The highest BCUT2D eigenvalue weighted by molar-refractivity contribution is 6.35. The fraction of sp³-hybridized carbons (Fsp3) is 0.222. The summed E-state index contributed by atoms with van der Waals surface area (Å²) in [5, 5.41) is 3.55. The van der Waals surface area contributed by atoms with E-state index in [0.29, 0.717) is 33.6 Å². The van der Waals surface area contributed by atoms with Gasteiger partial charge in [-0.1, -0.05) is 34.8 Å². The third-order valence-electron chi connectivity index (χ3n) is 3.86. The van der Waals surface area contributed by atoms with Gasteiger partial charge in [-0.05, 0) is 37.3 Å². The number of nitrogens with zero attached hydrogens (tertiary/aromatic N) is 1. The molecule has 25 heavy (non-hydrogen) atoms. The van der Waals surface area contributed by atoms with Crippen LogP contribution in [0.25, 0.3) is 0 Å². The summed E-state index contributed by atoms with van der Waals surface area (Å²) in [6.45, 7) is 2.38. The zero-order valence-electron chi connectivity index (χ0n) is 13.5. The van der Waals surface area contributed by atoms with E-state index in [1.807, 2.05) is 13.0 Å². The molecule has 0 bridgehead atoms. The standard InChI is InChI=1S/C18H16Cl2N2O3/c1-11-2-4-15-13(8-11)18(24)21-10-17(23)22(15)6-7-25-16-5-3-12(19)9-14(16)20/h2-5,8-9H,6-7,10H2,1H3,(H,21,24). The lowest BCUT2D eigenvalue weighted by Gasteiger charge is -2.22. The van der Waals surface area contributed by atoms with Crippen LogP contribution in [0.2, 0.25) is 10.0 Å².